The number of ether oxygens (including phenoxy) is 1. The van der Waals surface area contributed by atoms with Gasteiger partial charge in [0.2, 0.25) is 0 Å². The quantitative estimate of drug-likeness (QED) is 0.917. The summed E-state index contributed by atoms with van der Waals surface area (Å²) in [6, 6.07) is 8.96. The summed E-state index contributed by atoms with van der Waals surface area (Å²) in [7, 11) is 2.04. The summed E-state index contributed by atoms with van der Waals surface area (Å²) in [6.07, 6.45) is 2.24. The Morgan fingerprint density at radius 1 is 1.50 bits per heavy atom. The number of likely N-dealkylation sites (N-methyl/N-ethyl adjacent to an activating group) is 1. The fourth-order valence-electron chi connectivity index (χ4n) is 2.28. The molecule has 0 spiro atoms. The maximum absolute atomic E-state index is 5.46. The van der Waals surface area contributed by atoms with Gasteiger partial charge in [-0.25, -0.2) is 0 Å². The van der Waals surface area contributed by atoms with Crippen LogP contribution in [-0.4, -0.2) is 26.3 Å². The van der Waals surface area contributed by atoms with Crippen molar-refractivity contribution in [2.75, 3.05) is 20.3 Å². The molecule has 1 heterocycles. The summed E-state index contributed by atoms with van der Waals surface area (Å²) in [5.41, 5.74) is 1.37. The average Bonchev–Trinajstić information content (AvgIpc) is 2.81. The van der Waals surface area contributed by atoms with Gasteiger partial charge >= 0.3 is 0 Å². The van der Waals surface area contributed by atoms with Gasteiger partial charge in [-0.15, -0.1) is 0 Å². The highest BCUT2D eigenvalue weighted by Crippen LogP contribution is 2.23. The van der Waals surface area contributed by atoms with Crippen molar-refractivity contribution in [1.82, 2.24) is 5.32 Å². The van der Waals surface area contributed by atoms with Gasteiger partial charge in [0.05, 0.1) is 6.61 Å². The van der Waals surface area contributed by atoms with E-state index in [-0.39, 0.29) is 0 Å². The van der Waals surface area contributed by atoms with E-state index >= 15 is 0 Å². The highest BCUT2D eigenvalue weighted by molar-refractivity contribution is 9.10. The smallest absolute Gasteiger partial charge is 0.0510 e. The molecule has 0 bridgehead atoms. The second-order valence-corrected chi connectivity index (χ2v) is 5.17. The zero-order valence-electron chi connectivity index (χ0n) is 9.58. The Bertz CT molecular complexity index is 336. The van der Waals surface area contributed by atoms with Gasteiger partial charge in [0.1, 0.15) is 0 Å². The monoisotopic (exact) mass is 283 g/mol. The molecule has 2 nitrogen and oxygen atoms in total. The maximum atomic E-state index is 5.46. The van der Waals surface area contributed by atoms with Crippen LogP contribution < -0.4 is 5.32 Å². The Morgan fingerprint density at radius 3 is 2.94 bits per heavy atom. The number of benzene rings is 1. The number of hydrogen-bond acceptors (Lipinski definition) is 2. The predicted octanol–water partition coefficient (Wildman–Crippen LogP) is 2.62. The zero-order chi connectivity index (χ0) is 11.4. The summed E-state index contributed by atoms with van der Waals surface area (Å²) >= 11 is 3.60. The van der Waals surface area contributed by atoms with E-state index in [0.29, 0.717) is 12.0 Å². The average molecular weight is 284 g/mol. The van der Waals surface area contributed by atoms with E-state index in [1.807, 2.05) is 7.05 Å². The van der Waals surface area contributed by atoms with Crippen molar-refractivity contribution in [2.45, 2.75) is 18.9 Å². The van der Waals surface area contributed by atoms with Crippen LogP contribution in [-0.2, 0) is 11.2 Å². The second-order valence-electron chi connectivity index (χ2n) is 4.31. The minimum Gasteiger partial charge on any atom is -0.381 e. The van der Waals surface area contributed by atoms with Crippen LogP contribution in [0, 0.1) is 5.92 Å². The third-order valence-corrected chi connectivity index (χ3v) is 4.08. The predicted molar refractivity (Wildman–Crippen MR) is 69.6 cm³/mol. The molecule has 1 aliphatic heterocycles. The molecule has 1 aromatic carbocycles. The van der Waals surface area contributed by atoms with Crippen molar-refractivity contribution < 1.29 is 4.74 Å². The molecule has 0 saturated carbocycles. The summed E-state index contributed by atoms with van der Waals surface area (Å²) in [4.78, 5) is 0. The van der Waals surface area contributed by atoms with Gasteiger partial charge in [-0.05, 0) is 31.5 Å². The molecule has 0 aromatic heterocycles. The molecule has 16 heavy (non-hydrogen) atoms. The molecule has 2 unspecified atom stereocenters. The molecule has 1 aromatic rings. The van der Waals surface area contributed by atoms with Gasteiger partial charge < -0.3 is 10.1 Å². The van der Waals surface area contributed by atoms with Crippen LogP contribution >= 0.6 is 15.9 Å². The molecule has 1 N–H and O–H groups in total. The molecular formula is C13H18BrNO. The summed E-state index contributed by atoms with van der Waals surface area (Å²) in [5.74, 6) is 0.650. The number of hydrogen-bond donors (Lipinski definition) is 1. The number of nitrogens with one attached hydrogen (secondary N) is 1. The third kappa shape index (κ3) is 2.84. The van der Waals surface area contributed by atoms with E-state index in [4.69, 9.17) is 4.74 Å². The van der Waals surface area contributed by atoms with Crippen LogP contribution in [0.25, 0.3) is 0 Å². The summed E-state index contributed by atoms with van der Waals surface area (Å²) in [6.45, 7) is 1.81. The third-order valence-electron chi connectivity index (χ3n) is 3.30. The van der Waals surface area contributed by atoms with Crippen molar-refractivity contribution in [3.05, 3.63) is 34.3 Å². The van der Waals surface area contributed by atoms with E-state index in [0.717, 1.165) is 19.6 Å². The molecule has 0 radical (unpaired) electrons. The number of rotatable bonds is 4. The highest BCUT2D eigenvalue weighted by atomic mass is 79.9. The first-order chi connectivity index (χ1) is 7.81. The van der Waals surface area contributed by atoms with Crippen LogP contribution in [0.4, 0.5) is 0 Å². The second kappa shape index (κ2) is 5.80. The van der Waals surface area contributed by atoms with Crippen molar-refractivity contribution in [3.8, 4) is 0 Å². The fraction of sp³-hybridized carbons (Fsp3) is 0.538. The van der Waals surface area contributed by atoms with Gasteiger partial charge in [0.25, 0.3) is 0 Å². The van der Waals surface area contributed by atoms with Gasteiger partial charge in [-0.2, -0.15) is 0 Å². The molecule has 0 aliphatic carbocycles. The van der Waals surface area contributed by atoms with Crippen molar-refractivity contribution in [3.63, 3.8) is 0 Å². The van der Waals surface area contributed by atoms with Gasteiger partial charge in [0, 0.05) is 23.0 Å². The first-order valence-corrected chi connectivity index (χ1v) is 6.59. The van der Waals surface area contributed by atoms with Crippen molar-refractivity contribution in [2.24, 2.45) is 5.92 Å². The van der Waals surface area contributed by atoms with Crippen molar-refractivity contribution >= 4 is 15.9 Å². The van der Waals surface area contributed by atoms with Crippen LogP contribution in [0.1, 0.15) is 12.0 Å². The Labute approximate surface area is 106 Å². The minimum absolute atomic E-state index is 0.515. The lowest BCUT2D eigenvalue weighted by atomic mass is 9.93. The van der Waals surface area contributed by atoms with Crippen LogP contribution in [0.3, 0.4) is 0 Å². The SMILES string of the molecule is CNC(Cc1ccccc1Br)C1CCOC1. The van der Waals surface area contributed by atoms with Gasteiger partial charge in [-0.1, -0.05) is 34.1 Å². The number of halogens is 1. The van der Waals surface area contributed by atoms with E-state index in [1.54, 1.807) is 0 Å². The molecule has 0 amide bonds. The standard InChI is InChI=1S/C13H18BrNO/c1-15-13(11-6-7-16-9-11)8-10-4-2-3-5-12(10)14/h2-5,11,13,15H,6-9H2,1H3. The molecule has 3 heteroatoms. The van der Waals surface area contributed by atoms with Gasteiger partial charge in [-0.3, -0.25) is 0 Å². The topological polar surface area (TPSA) is 21.3 Å². The highest BCUT2D eigenvalue weighted by Gasteiger charge is 2.24. The maximum Gasteiger partial charge on any atom is 0.0510 e. The largest absolute Gasteiger partial charge is 0.381 e. The normalized spacial score (nSPS) is 22.2. The molecule has 2 rings (SSSR count). The molecular weight excluding hydrogens is 266 g/mol. The fourth-order valence-corrected chi connectivity index (χ4v) is 2.72. The summed E-state index contributed by atoms with van der Waals surface area (Å²) < 4.78 is 6.66. The zero-order valence-corrected chi connectivity index (χ0v) is 11.2. The molecule has 88 valence electrons. The first kappa shape index (κ1) is 12.1. The Kier molecular flexibility index (Phi) is 4.38. The lowest BCUT2D eigenvalue weighted by Crippen LogP contribution is -2.36. The van der Waals surface area contributed by atoms with E-state index in [9.17, 15) is 0 Å². The first-order valence-electron chi connectivity index (χ1n) is 5.79. The molecule has 1 fully saturated rings. The lowest BCUT2D eigenvalue weighted by Gasteiger charge is -2.22. The van der Waals surface area contributed by atoms with Crippen LogP contribution in [0.5, 0.6) is 0 Å². The lowest BCUT2D eigenvalue weighted by molar-refractivity contribution is 0.177. The van der Waals surface area contributed by atoms with Gasteiger partial charge in [0.15, 0.2) is 0 Å². The van der Waals surface area contributed by atoms with Crippen molar-refractivity contribution in [1.29, 1.82) is 0 Å². The summed E-state index contributed by atoms with van der Waals surface area (Å²) in [5, 5.41) is 3.42. The Morgan fingerprint density at radius 2 is 2.31 bits per heavy atom. The molecule has 1 aliphatic rings. The van der Waals surface area contributed by atoms with Crippen LogP contribution in [0.15, 0.2) is 28.7 Å². The molecule has 2 atom stereocenters. The van der Waals surface area contributed by atoms with E-state index < -0.39 is 0 Å². The Balaban J connectivity index is 2.03. The molecule has 1 saturated heterocycles. The van der Waals surface area contributed by atoms with E-state index in [1.165, 1.54) is 16.5 Å². The van der Waals surface area contributed by atoms with Crippen LogP contribution in [0.2, 0.25) is 0 Å². The Hall–Kier alpha value is -0.380. The minimum atomic E-state index is 0.515. The van der Waals surface area contributed by atoms with E-state index in [2.05, 4.69) is 45.5 Å².